The number of rotatable bonds is 3. The molecule has 0 aliphatic rings. The highest BCUT2D eigenvalue weighted by Gasteiger charge is 2.15. The predicted molar refractivity (Wildman–Crippen MR) is 67.5 cm³/mol. The average molecular weight is 261 g/mol. The number of hydrogen-bond acceptors (Lipinski definition) is 5. The standard InChI is InChI=1S/C12H11N3O4/c1-6-2-3-7(12(17)18)8(4-6)19-11-9(13)10(16)14-5-15-11/h2-5H,13H2,1H3,(H,17,18)(H,14,15,16). The molecule has 1 heterocycles. The third kappa shape index (κ3) is 2.54. The minimum absolute atomic E-state index is 0.0351. The monoisotopic (exact) mass is 261 g/mol. The van der Waals surface area contributed by atoms with E-state index in [1.54, 1.807) is 13.0 Å². The molecule has 2 aromatic rings. The summed E-state index contributed by atoms with van der Waals surface area (Å²) < 4.78 is 5.33. The van der Waals surface area contributed by atoms with Crippen LogP contribution in [-0.4, -0.2) is 21.0 Å². The molecule has 7 nitrogen and oxygen atoms in total. The number of aromatic carboxylic acids is 1. The van der Waals surface area contributed by atoms with Crippen LogP contribution in [0.15, 0.2) is 29.3 Å². The van der Waals surface area contributed by atoms with Crippen LogP contribution in [0.1, 0.15) is 15.9 Å². The van der Waals surface area contributed by atoms with Gasteiger partial charge in [0, 0.05) is 0 Å². The van der Waals surface area contributed by atoms with Crippen molar-refractivity contribution in [2.45, 2.75) is 6.92 Å². The van der Waals surface area contributed by atoms with Crippen molar-refractivity contribution >= 4 is 11.7 Å². The number of anilines is 1. The Morgan fingerprint density at radius 3 is 2.89 bits per heavy atom. The molecule has 19 heavy (non-hydrogen) atoms. The quantitative estimate of drug-likeness (QED) is 0.762. The second-order valence-electron chi connectivity index (χ2n) is 3.86. The number of benzene rings is 1. The number of carboxylic acids is 1. The molecule has 0 aliphatic heterocycles. The van der Waals surface area contributed by atoms with E-state index < -0.39 is 11.5 Å². The molecule has 0 bridgehead atoms. The molecule has 4 N–H and O–H groups in total. The summed E-state index contributed by atoms with van der Waals surface area (Å²) in [5, 5.41) is 9.06. The fourth-order valence-corrected chi connectivity index (χ4v) is 1.47. The lowest BCUT2D eigenvalue weighted by Crippen LogP contribution is -2.13. The Morgan fingerprint density at radius 1 is 1.47 bits per heavy atom. The molecule has 7 heteroatoms. The largest absolute Gasteiger partial charge is 0.478 e. The third-order valence-electron chi connectivity index (χ3n) is 2.43. The minimum atomic E-state index is -1.14. The maximum Gasteiger partial charge on any atom is 0.339 e. The molecule has 0 amide bonds. The van der Waals surface area contributed by atoms with Crippen molar-refractivity contribution < 1.29 is 14.6 Å². The van der Waals surface area contributed by atoms with Crippen molar-refractivity contribution in [2.75, 3.05) is 5.73 Å². The van der Waals surface area contributed by atoms with Crippen molar-refractivity contribution in [1.29, 1.82) is 0 Å². The molecule has 0 fully saturated rings. The number of aryl methyl sites for hydroxylation is 1. The number of nitrogens with one attached hydrogen (secondary N) is 1. The SMILES string of the molecule is Cc1ccc(C(=O)O)c(Oc2nc[nH]c(=O)c2N)c1. The summed E-state index contributed by atoms with van der Waals surface area (Å²) in [5.74, 6) is -1.19. The van der Waals surface area contributed by atoms with E-state index in [1.807, 2.05) is 0 Å². The number of carboxylic acid groups (broad SMARTS) is 1. The molecule has 0 unspecified atom stereocenters. The highest BCUT2D eigenvalue weighted by atomic mass is 16.5. The third-order valence-corrected chi connectivity index (χ3v) is 2.43. The Balaban J connectivity index is 2.48. The molecule has 0 saturated carbocycles. The van der Waals surface area contributed by atoms with Crippen LogP contribution in [0.4, 0.5) is 5.69 Å². The minimum Gasteiger partial charge on any atom is -0.478 e. The Labute approximate surface area is 107 Å². The normalized spacial score (nSPS) is 10.2. The van der Waals surface area contributed by atoms with Crippen molar-refractivity contribution in [3.8, 4) is 11.6 Å². The van der Waals surface area contributed by atoms with Crippen molar-refractivity contribution in [3.63, 3.8) is 0 Å². The molecular formula is C12H11N3O4. The van der Waals surface area contributed by atoms with E-state index in [0.717, 1.165) is 11.9 Å². The van der Waals surface area contributed by atoms with Gasteiger partial charge in [-0.25, -0.2) is 9.78 Å². The van der Waals surface area contributed by atoms with Gasteiger partial charge >= 0.3 is 5.97 Å². The second kappa shape index (κ2) is 4.81. The fraction of sp³-hybridized carbons (Fsp3) is 0.0833. The lowest BCUT2D eigenvalue weighted by atomic mass is 10.1. The van der Waals surface area contributed by atoms with Crippen LogP contribution in [0.25, 0.3) is 0 Å². The van der Waals surface area contributed by atoms with E-state index in [1.165, 1.54) is 12.1 Å². The van der Waals surface area contributed by atoms with E-state index in [0.29, 0.717) is 0 Å². The maximum absolute atomic E-state index is 11.3. The molecule has 98 valence electrons. The Morgan fingerprint density at radius 2 is 2.21 bits per heavy atom. The predicted octanol–water partition coefficient (Wildman–Crippen LogP) is 1.15. The van der Waals surface area contributed by atoms with Gasteiger partial charge in [0.2, 0.25) is 5.88 Å². The van der Waals surface area contributed by atoms with Gasteiger partial charge in [0.15, 0.2) is 5.69 Å². The first kappa shape index (κ1) is 12.6. The van der Waals surface area contributed by atoms with Gasteiger partial charge < -0.3 is 20.6 Å². The Bertz CT molecular complexity index is 694. The molecule has 0 radical (unpaired) electrons. The van der Waals surface area contributed by atoms with Crippen molar-refractivity contribution in [3.05, 3.63) is 46.0 Å². The molecule has 0 spiro atoms. The lowest BCUT2D eigenvalue weighted by Gasteiger charge is -2.09. The van der Waals surface area contributed by atoms with Gasteiger partial charge in [-0.3, -0.25) is 4.79 Å². The number of hydrogen-bond donors (Lipinski definition) is 3. The van der Waals surface area contributed by atoms with Crippen LogP contribution in [-0.2, 0) is 0 Å². The summed E-state index contributed by atoms with van der Waals surface area (Å²) >= 11 is 0. The smallest absolute Gasteiger partial charge is 0.339 e. The molecule has 0 aliphatic carbocycles. The fourth-order valence-electron chi connectivity index (χ4n) is 1.47. The lowest BCUT2D eigenvalue weighted by molar-refractivity contribution is 0.0694. The molecule has 1 aromatic heterocycles. The van der Waals surface area contributed by atoms with Crippen LogP contribution in [0.2, 0.25) is 0 Å². The topological polar surface area (TPSA) is 118 Å². The van der Waals surface area contributed by atoms with Crippen LogP contribution >= 0.6 is 0 Å². The first-order chi connectivity index (χ1) is 8.99. The van der Waals surface area contributed by atoms with Crippen LogP contribution in [0.3, 0.4) is 0 Å². The number of aromatic nitrogens is 2. The zero-order valence-electron chi connectivity index (χ0n) is 10.0. The van der Waals surface area contributed by atoms with Gasteiger partial charge in [0.25, 0.3) is 5.56 Å². The molecule has 0 atom stereocenters. The highest BCUT2D eigenvalue weighted by molar-refractivity contribution is 5.91. The van der Waals surface area contributed by atoms with E-state index in [9.17, 15) is 9.59 Å². The first-order valence-corrected chi connectivity index (χ1v) is 5.34. The zero-order chi connectivity index (χ0) is 14.0. The Kier molecular flexibility index (Phi) is 3.19. The van der Waals surface area contributed by atoms with E-state index in [-0.39, 0.29) is 22.9 Å². The number of nitrogens with two attached hydrogens (primary N) is 1. The second-order valence-corrected chi connectivity index (χ2v) is 3.86. The summed E-state index contributed by atoms with van der Waals surface area (Å²) in [5.41, 5.74) is 5.53. The number of carbonyl (C=O) groups is 1. The van der Waals surface area contributed by atoms with E-state index in [4.69, 9.17) is 15.6 Å². The van der Waals surface area contributed by atoms with Gasteiger partial charge in [-0.1, -0.05) is 6.07 Å². The molecule has 0 saturated heterocycles. The number of nitrogen functional groups attached to an aromatic ring is 1. The summed E-state index contributed by atoms with van der Waals surface area (Å²) in [6.45, 7) is 1.78. The summed E-state index contributed by atoms with van der Waals surface area (Å²) in [6, 6.07) is 4.59. The van der Waals surface area contributed by atoms with Crippen molar-refractivity contribution in [2.24, 2.45) is 0 Å². The molecular weight excluding hydrogens is 250 g/mol. The van der Waals surface area contributed by atoms with Crippen LogP contribution < -0.4 is 16.0 Å². The number of nitrogens with zero attached hydrogens (tertiary/aromatic N) is 1. The van der Waals surface area contributed by atoms with Gasteiger partial charge in [-0.15, -0.1) is 0 Å². The maximum atomic E-state index is 11.3. The number of ether oxygens (including phenoxy) is 1. The van der Waals surface area contributed by atoms with Gasteiger partial charge in [0.1, 0.15) is 11.3 Å². The average Bonchev–Trinajstić information content (AvgIpc) is 2.35. The Hall–Kier alpha value is -2.83. The van der Waals surface area contributed by atoms with Gasteiger partial charge in [0.05, 0.1) is 6.33 Å². The molecule has 1 aromatic carbocycles. The highest BCUT2D eigenvalue weighted by Crippen LogP contribution is 2.27. The summed E-state index contributed by atoms with van der Waals surface area (Å²) in [4.78, 5) is 28.4. The molecule has 2 rings (SSSR count). The van der Waals surface area contributed by atoms with E-state index >= 15 is 0 Å². The summed E-state index contributed by atoms with van der Waals surface area (Å²) in [6.07, 6.45) is 1.13. The van der Waals surface area contributed by atoms with Crippen LogP contribution in [0, 0.1) is 6.92 Å². The van der Waals surface area contributed by atoms with E-state index in [2.05, 4.69) is 9.97 Å². The first-order valence-electron chi connectivity index (χ1n) is 5.34. The van der Waals surface area contributed by atoms with Gasteiger partial charge in [-0.2, -0.15) is 0 Å². The van der Waals surface area contributed by atoms with Crippen molar-refractivity contribution in [1.82, 2.24) is 9.97 Å². The summed E-state index contributed by atoms with van der Waals surface area (Å²) in [7, 11) is 0. The van der Waals surface area contributed by atoms with Gasteiger partial charge in [-0.05, 0) is 24.6 Å². The zero-order valence-corrected chi connectivity index (χ0v) is 10.0. The number of aromatic amines is 1. The number of H-pyrrole nitrogens is 1. The van der Waals surface area contributed by atoms with Crippen LogP contribution in [0.5, 0.6) is 11.6 Å².